The van der Waals surface area contributed by atoms with Crippen molar-refractivity contribution in [1.82, 2.24) is 0 Å². The first kappa shape index (κ1) is 47.2. The second kappa shape index (κ2) is 18.7. The number of rotatable bonds is 11. The number of aliphatic hydroxyl groups excluding tert-OH is 10. The molecule has 16 atom stereocenters. The molecule has 3 aromatic carbocycles. The zero-order valence-corrected chi connectivity index (χ0v) is 34.3. The summed E-state index contributed by atoms with van der Waals surface area (Å²) in [5.74, 6) is -4.89. The molecule has 0 bridgehead atoms. The van der Waals surface area contributed by atoms with E-state index in [0.717, 1.165) is 17.0 Å². The van der Waals surface area contributed by atoms with Crippen molar-refractivity contribution >= 4 is 28.5 Å². The summed E-state index contributed by atoms with van der Waals surface area (Å²) in [5, 5.41) is 138. The molecule has 3 fully saturated rings. The molecule has 0 saturated carbocycles. The average molecular weight is 930 g/mol. The number of fused-ring (bicyclic) bond motifs is 2. The van der Waals surface area contributed by atoms with Gasteiger partial charge in [-0.15, -0.1) is 0 Å². The van der Waals surface area contributed by atoms with Gasteiger partial charge < -0.3 is 94.5 Å². The summed E-state index contributed by atoms with van der Waals surface area (Å²) >= 11 is 0. The first-order valence-electron chi connectivity index (χ1n) is 20.6. The lowest BCUT2D eigenvalue weighted by molar-refractivity contribution is -0.343. The largest absolute Gasteiger partial charge is 0.508 e. The average Bonchev–Trinajstić information content (AvgIpc) is 3.56. The van der Waals surface area contributed by atoms with Gasteiger partial charge in [0.25, 0.3) is 0 Å². The Balaban J connectivity index is 1.01. The van der Waals surface area contributed by atoms with Gasteiger partial charge >= 0.3 is 5.97 Å². The maximum Gasteiger partial charge on any atom is 0.307 e. The maximum absolute atomic E-state index is 13.9. The predicted molar refractivity (Wildman–Crippen MR) is 217 cm³/mol. The Hall–Kier alpha value is -5.35. The summed E-state index contributed by atoms with van der Waals surface area (Å²) in [6.45, 7) is -2.53. The van der Waals surface area contributed by atoms with E-state index < -0.39 is 164 Å². The molecule has 1 amide bonds. The summed E-state index contributed by atoms with van der Waals surface area (Å²) in [6.07, 6.45) is -28.3. The predicted octanol–water partition coefficient (Wildman–Crippen LogP) is -3.21. The Kier molecular flexibility index (Phi) is 13.4. The van der Waals surface area contributed by atoms with E-state index in [1.54, 1.807) is 12.1 Å². The second-order valence-corrected chi connectivity index (χ2v) is 16.4. The lowest BCUT2D eigenvalue weighted by Gasteiger charge is -2.46. The van der Waals surface area contributed by atoms with Gasteiger partial charge in [0.05, 0.1) is 36.8 Å². The quantitative estimate of drug-likeness (QED) is 0.0658. The number of anilines is 1. The number of esters is 1. The fourth-order valence-electron chi connectivity index (χ4n) is 8.73. The molecular weight excluding hydrogens is 882 g/mol. The van der Waals surface area contributed by atoms with Crippen molar-refractivity contribution in [3.63, 3.8) is 0 Å². The van der Waals surface area contributed by atoms with Crippen LogP contribution in [-0.2, 0) is 33.3 Å². The van der Waals surface area contributed by atoms with Crippen LogP contribution in [-0.4, -0.2) is 184 Å². The number of ether oxygens (including phenoxy) is 5. The Bertz CT molecular complexity index is 2480. The van der Waals surface area contributed by atoms with Gasteiger partial charge in [0.1, 0.15) is 120 Å². The van der Waals surface area contributed by atoms with Crippen LogP contribution in [0, 0.1) is 0 Å². The van der Waals surface area contributed by atoms with Crippen molar-refractivity contribution in [2.75, 3.05) is 24.7 Å². The summed E-state index contributed by atoms with van der Waals surface area (Å²) in [5.41, 5.74) is -0.919. The van der Waals surface area contributed by atoms with E-state index in [-0.39, 0.29) is 28.3 Å². The van der Waals surface area contributed by atoms with Crippen molar-refractivity contribution in [2.45, 2.75) is 104 Å². The topological polar surface area (TPSA) is 377 Å². The number of aliphatic hydroxyl groups is 10. The molecule has 23 heteroatoms. The molecule has 0 spiro atoms. The van der Waals surface area contributed by atoms with Gasteiger partial charge in [-0.3, -0.25) is 19.3 Å². The van der Waals surface area contributed by atoms with Crippen molar-refractivity contribution in [3.8, 4) is 28.6 Å². The molecule has 5 heterocycles. The zero-order valence-electron chi connectivity index (χ0n) is 34.3. The number of carbonyl (C=O) groups is 2. The minimum absolute atomic E-state index is 0.00619. The van der Waals surface area contributed by atoms with Gasteiger partial charge in [0.2, 0.25) is 5.91 Å². The minimum Gasteiger partial charge on any atom is -0.508 e. The molecule has 4 aliphatic rings. The molecule has 66 heavy (non-hydrogen) atoms. The van der Waals surface area contributed by atoms with E-state index >= 15 is 0 Å². The summed E-state index contributed by atoms with van der Waals surface area (Å²) in [7, 11) is 0. The van der Waals surface area contributed by atoms with Crippen LogP contribution in [0.25, 0.3) is 22.3 Å². The number of phenols is 3. The van der Waals surface area contributed by atoms with Crippen LogP contribution in [0.15, 0.2) is 69.9 Å². The van der Waals surface area contributed by atoms with Crippen molar-refractivity contribution in [3.05, 3.63) is 82.0 Å². The number of carbonyl (C=O) groups excluding carboxylic acids is 2. The molecule has 0 aliphatic carbocycles. The molecule has 8 rings (SSSR count). The van der Waals surface area contributed by atoms with Gasteiger partial charge in [-0.1, -0.05) is 18.2 Å². The number of hydrogen-bond donors (Lipinski definition) is 13. The lowest BCUT2D eigenvalue weighted by atomic mass is 9.89. The molecule has 1 aromatic heterocycles. The third-order valence-corrected chi connectivity index (χ3v) is 12.3. The monoisotopic (exact) mass is 929 g/mol. The Morgan fingerprint density at radius 2 is 1.33 bits per heavy atom. The standard InChI is InChI=1S/C43H47NO22/c45-12-24-31(52)36(57)40(39(63-24)29-21(49)11-23-28(33(29)54)20(48)10-22(62-23)15-5-7-16(47)8-6-15)66-43-38(59)35(56)32(53)26(65-43)14-61-27(50)9-18-17-3-1-2-4-19(17)44(41(18)60)42-37(58)34(55)30(51)25(13-46)64-42/h1-8,10-11,18,24-26,30-32,34-40,42-43,45-47,49,51-59H,9,12-14H2/t18?,24-,25-,26-,30-,31-,32-,34+,35+,36+,37-,38-,39+,40-,42-,43+/m1/s1. The Labute approximate surface area is 371 Å². The van der Waals surface area contributed by atoms with E-state index in [2.05, 4.69) is 0 Å². The van der Waals surface area contributed by atoms with E-state index in [1.807, 2.05) is 0 Å². The molecule has 23 nitrogen and oxygen atoms in total. The fourth-order valence-corrected chi connectivity index (χ4v) is 8.73. The number of hydrogen-bond acceptors (Lipinski definition) is 22. The summed E-state index contributed by atoms with van der Waals surface area (Å²) < 4.78 is 34.2. The SMILES string of the molecule is O=C(CC1C(=O)N([C@@H]2O[C@H](CO)[C@@H](O)[C@H](O)[C@H]2O)c2ccccc21)OC[C@H]1O[C@@H](O[C@@H]2[C@@H](O)[C@H](O)[C@@H](CO)O[C@H]2c2c(O)cc3oc(-c4ccc(O)cc4)cc(=O)c3c2O)[C@H](O)[C@@H](O)[C@@H]1O. The Morgan fingerprint density at radius 1 is 0.697 bits per heavy atom. The Morgan fingerprint density at radius 3 is 2.03 bits per heavy atom. The number of nitrogens with zero attached hydrogens (tertiary/aromatic N) is 1. The van der Waals surface area contributed by atoms with Crippen molar-refractivity contribution < 1.29 is 104 Å². The van der Waals surface area contributed by atoms with Crippen LogP contribution >= 0.6 is 0 Å². The zero-order chi connectivity index (χ0) is 47.5. The highest BCUT2D eigenvalue weighted by molar-refractivity contribution is 6.06. The highest BCUT2D eigenvalue weighted by Crippen LogP contribution is 2.47. The minimum atomic E-state index is -2.13. The van der Waals surface area contributed by atoms with E-state index in [1.165, 1.54) is 36.4 Å². The number of phenolic OH excluding ortho intramolecular Hbond substituents is 3. The van der Waals surface area contributed by atoms with E-state index in [0.29, 0.717) is 5.56 Å². The molecule has 1 unspecified atom stereocenters. The fraction of sp³-hybridized carbons (Fsp3) is 0.465. The summed E-state index contributed by atoms with van der Waals surface area (Å²) in [4.78, 5) is 41.7. The number of amides is 1. The van der Waals surface area contributed by atoms with Crippen LogP contribution in [0.4, 0.5) is 5.69 Å². The lowest BCUT2D eigenvalue weighted by Crippen LogP contribution is -2.64. The smallest absolute Gasteiger partial charge is 0.307 e. The van der Waals surface area contributed by atoms with Crippen LogP contribution in [0.5, 0.6) is 17.2 Å². The molecule has 3 saturated heterocycles. The van der Waals surface area contributed by atoms with Gasteiger partial charge in [-0.25, -0.2) is 0 Å². The molecule has 0 radical (unpaired) electrons. The van der Waals surface area contributed by atoms with Gasteiger partial charge in [0.15, 0.2) is 17.9 Å². The van der Waals surface area contributed by atoms with Crippen LogP contribution < -0.4 is 10.3 Å². The number of aromatic hydroxyl groups is 3. The molecule has 356 valence electrons. The molecular formula is C43H47NO22. The van der Waals surface area contributed by atoms with Crippen LogP contribution in [0.3, 0.4) is 0 Å². The number of benzene rings is 3. The van der Waals surface area contributed by atoms with Gasteiger partial charge in [-0.2, -0.15) is 0 Å². The highest BCUT2D eigenvalue weighted by atomic mass is 16.7. The van der Waals surface area contributed by atoms with Gasteiger partial charge in [-0.05, 0) is 35.9 Å². The second-order valence-electron chi connectivity index (χ2n) is 16.4. The normalized spacial score (nSPS) is 34.6. The summed E-state index contributed by atoms with van der Waals surface area (Å²) in [6, 6.07) is 13.7. The number of para-hydroxylation sites is 1. The molecule has 4 aliphatic heterocycles. The third kappa shape index (κ3) is 8.37. The first-order chi connectivity index (χ1) is 31.4. The maximum atomic E-state index is 13.9. The highest BCUT2D eigenvalue weighted by Gasteiger charge is 2.54. The third-order valence-electron chi connectivity index (χ3n) is 12.3. The van der Waals surface area contributed by atoms with Crippen molar-refractivity contribution in [2.24, 2.45) is 0 Å². The molecule has 4 aromatic rings. The van der Waals surface area contributed by atoms with Gasteiger partial charge in [0, 0.05) is 17.7 Å². The first-order valence-corrected chi connectivity index (χ1v) is 20.6. The van der Waals surface area contributed by atoms with E-state index in [9.17, 15) is 80.8 Å². The van der Waals surface area contributed by atoms with Crippen molar-refractivity contribution in [1.29, 1.82) is 0 Å². The van der Waals surface area contributed by atoms with E-state index in [4.69, 9.17) is 28.1 Å². The van der Waals surface area contributed by atoms with Crippen LogP contribution in [0.2, 0.25) is 0 Å². The molecule has 13 N–H and O–H groups in total. The van der Waals surface area contributed by atoms with Crippen LogP contribution in [0.1, 0.15) is 29.6 Å².